The van der Waals surface area contributed by atoms with Crippen LogP contribution in [0, 0.1) is 5.92 Å². The van der Waals surface area contributed by atoms with E-state index in [9.17, 15) is 9.59 Å². The fraction of sp³-hybridized carbons (Fsp3) is 0.529. The Labute approximate surface area is 132 Å². The van der Waals surface area contributed by atoms with Crippen LogP contribution in [0.2, 0.25) is 0 Å². The van der Waals surface area contributed by atoms with Crippen LogP contribution < -0.4 is 10.2 Å². The monoisotopic (exact) mass is 303 g/mol. The number of likely N-dealkylation sites (tertiary alicyclic amines) is 1. The van der Waals surface area contributed by atoms with Crippen LogP contribution in [0.3, 0.4) is 0 Å². The number of nitrogens with zero attached hydrogens (tertiary/aromatic N) is 2. The van der Waals surface area contributed by atoms with E-state index in [1.807, 2.05) is 50.3 Å². The lowest BCUT2D eigenvalue weighted by Crippen LogP contribution is -2.33. The summed E-state index contributed by atoms with van der Waals surface area (Å²) in [4.78, 5) is 28.1. The summed E-state index contributed by atoms with van der Waals surface area (Å²) in [6, 6.07) is 7.68. The molecule has 5 nitrogen and oxygen atoms in total. The Balaban J connectivity index is 1.93. The van der Waals surface area contributed by atoms with Gasteiger partial charge in [-0.25, -0.2) is 0 Å². The van der Waals surface area contributed by atoms with Crippen molar-refractivity contribution >= 4 is 23.2 Å². The number of anilines is 2. The zero-order valence-electron chi connectivity index (χ0n) is 13.6. The molecule has 22 heavy (non-hydrogen) atoms. The van der Waals surface area contributed by atoms with Gasteiger partial charge < -0.3 is 15.1 Å². The van der Waals surface area contributed by atoms with Crippen LogP contribution in [-0.4, -0.2) is 44.4 Å². The Hall–Kier alpha value is -2.04. The first kappa shape index (κ1) is 16.3. The molecule has 0 bridgehead atoms. The van der Waals surface area contributed by atoms with Crippen LogP contribution in [0.25, 0.3) is 0 Å². The van der Waals surface area contributed by atoms with Crippen LogP contribution in [-0.2, 0) is 9.59 Å². The molecule has 2 amide bonds. The maximum atomic E-state index is 12.2. The third kappa shape index (κ3) is 4.23. The fourth-order valence-corrected chi connectivity index (χ4v) is 2.75. The second kappa shape index (κ2) is 7.29. The van der Waals surface area contributed by atoms with Gasteiger partial charge in [-0.2, -0.15) is 0 Å². The van der Waals surface area contributed by atoms with Gasteiger partial charge in [0.1, 0.15) is 0 Å². The molecule has 0 aliphatic carbocycles. The minimum atomic E-state index is -0.187. The van der Waals surface area contributed by atoms with Gasteiger partial charge in [-0.1, -0.05) is 6.42 Å². The number of carbonyl (C=O) groups is 2. The predicted octanol–water partition coefficient (Wildman–Crippen LogP) is 2.34. The van der Waals surface area contributed by atoms with Gasteiger partial charge >= 0.3 is 0 Å². The number of benzene rings is 1. The van der Waals surface area contributed by atoms with Crippen LogP contribution in [0.15, 0.2) is 24.3 Å². The average molecular weight is 303 g/mol. The van der Waals surface area contributed by atoms with Crippen LogP contribution in [0.4, 0.5) is 11.4 Å². The van der Waals surface area contributed by atoms with Crippen molar-refractivity contribution in [1.29, 1.82) is 0 Å². The highest BCUT2D eigenvalue weighted by molar-refractivity contribution is 5.94. The molecule has 1 saturated heterocycles. The molecule has 0 spiro atoms. The van der Waals surface area contributed by atoms with E-state index in [-0.39, 0.29) is 24.2 Å². The summed E-state index contributed by atoms with van der Waals surface area (Å²) in [6.07, 6.45) is 3.09. The fourth-order valence-electron chi connectivity index (χ4n) is 2.75. The van der Waals surface area contributed by atoms with Gasteiger partial charge in [-0.05, 0) is 37.1 Å². The zero-order valence-corrected chi connectivity index (χ0v) is 13.6. The van der Waals surface area contributed by atoms with Gasteiger partial charge in [0, 0.05) is 51.4 Å². The number of rotatable bonds is 4. The van der Waals surface area contributed by atoms with Crippen molar-refractivity contribution in [2.45, 2.75) is 25.7 Å². The van der Waals surface area contributed by atoms with E-state index in [2.05, 4.69) is 5.32 Å². The molecule has 2 rings (SSSR count). The van der Waals surface area contributed by atoms with Gasteiger partial charge in [0.05, 0.1) is 0 Å². The number of carbonyl (C=O) groups excluding carboxylic acids is 2. The maximum Gasteiger partial charge on any atom is 0.225 e. The van der Waals surface area contributed by atoms with E-state index < -0.39 is 0 Å². The quantitative estimate of drug-likeness (QED) is 0.929. The van der Waals surface area contributed by atoms with Crippen molar-refractivity contribution in [2.75, 3.05) is 37.9 Å². The molecule has 1 fully saturated rings. The highest BCUT2D eigenvalue weighted by Crippen LogP contribution is 2.21. The van der Waals surface area contributed by atoms with E-state index in [1.165, 1.54) is 0 Å². The van der Waals surface area contributed by atoms with Gasteiger partial charge in [-0.15, -0.1) is 0 Å². The molecule has 1 atom stereocenters. The van der Waals surface area contributed by atoms with Gasteiger partial charge in [0.25, 0.3) is 0 Å². The van der Waals surface area contributed by atoms with Gasteiger partial charge in [0.15, 0.2) is 0 Å². The summed E-state index contributed by atoms with van der Waals surface area (Å²) < 4.78 is 0. The molecule has 0 radical (unpaired) electrons. The second-order valence-electron chi connectivity index (χ2n) is 6.15. The van der Waals surface area contributed by atoms with Crippen molar-refractivity contribution in [1.82, 2.24) is 4.90 Å². The van der Waals surface area contributed by atoms with Crippen LogP contribution >= 0.6 is 0 Å². The van der Waals surface area contributed by atoms with Crippen molar-refractivity contribution < 1.29 is 9.59 Å². The normalized spacial score (nSPS) is 18.8. The molecular weight excluding hydrogens is 278 g/mol. The van der Waals surface area contributed by atoms with Crippen LogP contribution in [0.1, 0.15) is 25.7 Å². The summed E-state index contributed by atoms with van der Waals surface area (Å²) in [6.45, 7) is 0.795. The first-order valence-electron chi connectivity index (χ1n) is 7.79. The Bertz CT molecular complexity index is 525. The number of hydrogen-bond donors (Lipinski definition) is 1. The molecule has 1 unspecified atom stereocenters. The lowest BCUT2D eigenvalue weighted by Gasteiger charge is -2.19. The third-order valence-corrected chi connectivity index (χ3v) is 4.12. The maximum absolute atomic E-state index is 12.2. The highest BCUT2D eigenvalue weighted by Gasteiger charge is 2.26. The molecule has 1 aromatic rings. The molecule has 0 aromatic heterocycles. The number of hydrogen-bond acceptors (Lipinski definition) is 3. The predicted molar refractivity (Wildman–Crippen MR) is 89.0 cm³/mol. The number of amides is 2. The van der Waals surface area contributed by atoms with Crippen molar-refractivity contribution in [2.24, 2.45) is 5.92 Å². The topological polar surface area (TPSA) is 52.7 Å². The van der Waals surface area contributed by atoms with Gasteiger partial charge in [0.2, 0.25) is 11.8 Å². The van der Waals surface area contributed by atoms with Crippen molar-refractivity contribution in [3.05, 3.63) is 24.3 Å². The Morgan fingerprint density at radius 1 is 1.27 bits per heavy atom. The van der Waals surface area contributed by atoms with E-state index in [0.717, 1.165) is 37.2 Å². The summed E-state index contributed by atoms with van der Waals surface area (Å²) in [5.74, 6) is -0.185. The summed E-state index contributed by atoms with van der Waals surface area (Å²) in [7, 11) is 5.77. The molecule has 1 aliphatic heterocycles. The smallest absolute Gasteiger partial charge is 0.225 e. The molecule has 1 N–H and O–H groups in total. The van der Waals surface area contributed by atoms with Gasteiger partial charge in [-0.3, -0.25) is 9.59 Å². The lowest BCUT2D eigenvalue weighted by molar-refractivity contribution is -0.135. The molecule has 0 saturated carbocycles. The third-order valence-electron chi connectivity index (χ3n) is 4.12. The first-order chi connectivity index (χ1) is 10.5. The summed E-state index contributed by atoms with van der Waals surface area (Å²) in [5, 5.41) is 2.88. The average Bonchev–Trinajstić information content (AvgIpc) is 2.63. The summed E-state index contributed by atoms with van der Waals surface area (Å²) in [5.41, 5.74) is 1.85. The SMILES string of the molecule is CN1CCCCC(CC(=O)Nc2ccc(N(C)C)cc2)C1=O. The molecule has 1 heterocycles. The second-order valence-corrected chi connectivity index (χ2v) is 6.15. The highest BCUT2D eigenvalue weighted by atomic mass is 16.2. The van der Waals surface area contributed by atoms with E-state index >= 15 is 0 Å². The minimum absolute atomic E-state index is 0.0914. The largest absolute Gasteiger partial charge is 0.378 e. The standard InChI is InChI=1S/C17H25N3O2/c1-19(2)15-9-7-14(8-10-15)18-16(21)12-13-6-4-5-11-20(3)17(13)22/h7-10,13H,4-6,11-12H2,1-3H3,(H,18,21). The van der Waals surface area contributed by atoms with E-state index in [4.69, 9.17) is 0 Å². The zero-order chi connectivity index (χ0) is 16.1. The molecule has 1 aliphatic rings. The molecule has 5 heteroatoms. The summed E-state index contributed by atoms with van der Waals surface area (Å²) >= 11 is 0. The Kier molecular flexibility index (Phi) is 5.41. The number of nitrogens with one attached hydrogen (secondary N) is 1. The minimum Gasteiger partial charge on any atom is -0.378 e. The Morgan fingerprint density at radius 2 is 1.95 bits per heavy atom. The van der Waals surface area contributed by atoms with E-state index in [1.54, 1.807) is 4.90 Å². The molecule has 1 aromatic carbocycles. The first-order valence-corrected chi connectivity index (χ1v) is 7.79. The molecule has 120 valence electrons. The molecular formula is C17H25N3O2. The van der Waals surface area contributed by atoms with Crippen LogP contribution in [0.5, 0.6) is 0 Å². The van der Waals surface area contributed by atoms with Crippen molar-refractivity contribution in [3.8, 4) is 0 Å². The lowest BCUT2D eigenvalue weighted by atomic mass is 9.98. The van der Waals surface area contributed by atoms with Crippen molar-refractivity contribution in [3.63, 3.8) is 0 Å². The Morgan fingerprint density at radius 3 is 2.59 bits per heavy atom. The van der Waals surface area contributed by atoms with E-state index in [0.29, 0.717) is 0 Å².